The van der Waals surface area contributed by atoms with Crippen LogP contribution in [0.25, 0.3) is 0 Å². The van der Waals surface area contributed by atoms with Crippen molar-refractivity contribution in [1.29, 1.82) is 0 Å². The largest absolute Gasteiger partial charge is 0.497 e. The molecule has 0 aliphatic carbocycles. The molecule has 1 N–H and O–H groups in total. The molecular formula is C22H29NO2. The standard InChI is InChI=1S/C22H29NO2/c1-15(2)12-21(18-8-10-20(25-5)11-9-18)23-22(24)14-19-7-6-16(3)13-17(19)4/h6-11,13,15,21H,12,14H2,1-5H3,(H,23,24)/t21-/m0/s1. The monoisotopic (exact) mass is 339 g/mol. The number of methoxy groups -OCH3 is 1. The van der Waals surface area contributed by atoms with Crippen molar-refractivity contribution in [3.8, 4) is 5.75 Å². The zero-order valence-electron chi connectivity index (χ0n) is 15.9. The van der Waals surface area contributed by atoms with Crippen molar-refractivity contribution in [3.63, 3.8) is 0 Å². The number of aryl methyl sites for hydroxylation is 2. The van der Waals surface area contributed by atoms with Gasteiger partial charge in [0, 0.05) is 0 Å². The molecule has 3 heteroatoms. The molecule has 0 heterocycles. The van der Waals surface area contributed by atoms with Gasteiger partial charge in [-0.3, -0.25) is 4.79 Å². The van der Waals surface area contributed by atoms with Crippen LogP contribution < -0.4 is 10.1 Å². The molecule has 0 saturated carbocycles. The van der Waals surface area contributed by atoms with Gasteiger partial charge in [0.15, 0.2) is 0 Å². The minimum absolute atomic E-state index is 0.0177. The van der Waals surface area contributed by atoms with Gasteiger partial charge >= 0.3 is 0 Å². The third-order valence-corrected chi connectivity index (χ3v) is 4.41. The molecule has 0 bridgehead atoms. The fourth-order valence-electron chi connectivity index (χ4n) is 3.05. The smallest absolute Gasteiger partial charge is 0.224 e. The highest BCUT2D eigenvalue weighted by Gasteiger charge is 2.17. The zero-order valence-corrected chi connectivity index (χ0v) is 15.9. The van der Waals surface area contributed by atoms with E-state index < -0.39 is 0 Å². The minimum Gasteiger partial charge on any atom is -0.497 e. The van der Waals surface area contributed by atoms with Crippen LogP contribution in [0.1, 0.15) is 48.6 Å². The predicted molar refractivity (Wildman–Crippen MR) is 103 cm³/mol. The van der Waals surface area contributed by atoms with E-state index in [0.29, 0.717) is 12.3 Å². The first-order chi connectivity index (χ1) is 11.9. The Morgan fingerprint density at radius 1 is 1.08 bits per heavy atom. The Labute approximate surface area is 151 Å². The lowest BCUT2D eigenvalue weighted by atomic mass is 9.96. The van der Waals surface area contributed by atoms with E-state index in [1.54, 1.807) is 7.11 Å². The van der Waals surface area contributed by atoms with E-state index in [1.807, 2.05) is 24.3 Å². The van der Waals surface area contributed by atoms with E-state index in [1.165, 1.54) is 11.1 Å². The van der Waals surface area contributed by atoms with E-state index in [0.717, 1.165) is 23.3 Å². The van der Waals surface area contributed by atoms with Crippen molar-refractivity contribution in [3.05, 3.63) is 64.7 Å². The van der Waals surface area contributed by atoms with Gasteiger partial charge in [0.05, 0.1) is 19.6 Å². The van der Waals surface area contributed by atoms with Crippen LogP contribution >= 0.6 is 0 Å². The van der Waals surface area contributed by atoms with E-state index in [4.69, 9.17) is 4.74 Å². The zero-order chi connectivity index (χ0) is 18.4. The van der Waals surface area contributed by atoms with Gasteiger partial charge in [-0.15, -0.1) is 0 Å². The SMILES string of the molecule is COc1ccc([C@H](CC(C)C)NC(=O)Cc2ccc(C)cc2C)cc1. The van der Waals surface area contributed by atoms with Gasteiger partial charge in [-0.25, -0.2) is 0 Å². The first-order valence-corrected chi connectivity index (χ1v) is 8.88. The fourth-order valence-corrected chi connectivity index (χ4v) is 3.05. The summed E-state index contributed by atoms with van der Waals surface area (Å²) in [5, 5.41) is 3.21. The molecule has 3 nitrogen and oxygen atoms in total. The number of ether oxygens (including phenoxy) is 1. The van der Waals surface area contributed by atoms with Gasteiger partial charge in [0.25, 0.3) is 0 Å². The maximum Gasteiger partial charge on any atom is 0.224 e. The van der Waals surface area contributed by atoms with Crippen LogP contribution in [0, 0.1) is 19.8 Å². The molecule has 0 aromatic heterocycles. The number of rotatable bonds is 7. The predicted octanol–water partition coefficient (Wildman–Crippen LogP) is 4.76. The Balaban J connectivity index is 2.11. The van der Waals surface area contributed by atoms with E-state index in [-0.39, 0.29) is 11.9 Å². The summed E-state index contributed by atoms with van der Waals surface area (Å²) in [4.78, 5) is 12.6. The lowest BCUT2D eigenvalue weighted by Gasteiger charge is -2.22. The second-order valence-corrected chi connectivity index (χ2v) is 7.13. The second-order valence-electron chi connectivity index (χ2n) is 7.13. The summed E-state index contributed by atoms with van der Waals surface area (Å²) in [6, 6.07) is 14.2. The van der Waals surface area contributed by atoms with Gasteiger partial charge in [-0.2, -0.15) is 0 Å². The molecule has 134 valence electrons. The van der Waals surface area contributed by atoms with Crippen molar-refractivity contribution < 1.29 is 9.53 Å². The van der Waals surface area contributed by atoms with Gasteiger partial charge in [-0.1, -0.05) is 49.7 Å². The van der Waals surface area contributed by atoms with E-state index in [9.17, 15) is 4.79 Å². The molecule has 1 atom stereocenters. The Hall–Kier alpha value is -2.29. The molecule has 2 aromatic rings. The topological polar surface area (TPSA) is 38.3 Å². The number of nitrogens with one attached hydrogen (secondary N) is 1. The van der Waals surface area contributed by atoms with Crippen molar-refractivity contribution in [1.82, 2.24) is 5.32 Å². The fraction of sp³-hybridized carbons (Fsp3) is 0.409. The number of carbonyl (C=O) groups excluding carboxylic acids is 1. The van der Waals surface area contributed by atoms with E-state index in [2.05, 4.69) is 51.2 Å². The summed E-state index contributed by atoms with van der Waals surface area (Å²) < 4.78 is 5.23. The summed E-state index contributed by atoms with van der Waals surface area (Å²) in [6.07, 6.45) is 1.32. The highest BCUT2D eigenvalue weighted by molar-refractivity contribution is 5.79. The van der Waals surface area contributed by atoms with E-state index >= 15 is 0 Å². The Kier molecular flexibility index (Phi) is 6.63. The lowest BCUT2D eigenvalue weighted by Crippen LogP contribution is -2.31. The molecule has 0 aliphatic rings. The summed E-state index contributed by atoms with van der Waals surface area (Å²) >= 11 is 0. The third-order valence-electron chi connectivity index (χ3n) is 4.41. The molecule has 0 radical (unpaired) electrons. The molecular weight excluding hydrogens is 310 g/mol. The molecule has 0 fully saturated rings. The Bertz CT molecular complexity index is 704. The number of amides is 1. The first-order valence-electron chi connectivity index (χ1n) is 8.88. The van der Waals surface area contributed by atoms with Crippen LogP contribution in [0.15, 0.2) is 42.5 Å². The van der Waals surface area contributed by atoms with Gasteiger partial charge in [-0.05, 0) is 55.0 Å². The second kappa shape index (κ2) is 8.70. The van der Waals surface area contributed by atoms with Crippen LogP contribution in [0.5, 0.6) is 5.75 Å². The quantitative estimate of drug-likeness (QED) is 0.790. The molecule has 1 amide bonds. The first kappa shape index (κ1) is 19.0. The minimum atomic E-state index is 0.0177. The van der Waals surface area contributed by atoms with Crippen molar-refractivity contribution in [2.75, 3.05) is 7.11 Å². The number of hydrogen-bond acceptors (Lipinski definition) is 2. The van der Waals surface area contributed by atoms with Crippen LogP contribution in [0.3, 0.4) is 0 Å². The highest BCUT2D eigenvalue weighted by Crippen LogP contribution is 2.24. The summed E-state index contributed by atoms with van der Waals surface area (Å²) in [7, 11) is 1.66. The van der Waals surface area contributed by atoms with Crippen molar-refractivity contribution >= 4 is 5.91 Å². The maximum absolute atomic E-state index is 12.6. The van der Waals surface area contributed by atoms with Gasteiger partial charge in [0.2, 0.25) is 5.91 Å². The molecule has 25 heavy (non-hydrogen) atoms. The molecule has 2 rings (SSSR count). The van der Waals surface area contributed by atoms with Crippen LogP contribution in [-0.2, 0) is 11.2 Å². The third kappa shape index (κ3) is 5.63. The summed E-state index contributed by atoms with van der Waals surface area (Å²) in [5.74, 6) is 1.38. The average molecular weight is 339 g/mol. The number of hydrogen-bond donors (Lipinski definition) is 1. The normalized spacial score (nSPS) is 12.1. The van der Waals surface area contributed by atoms with Crippen molar-refractivity contribution in [2.24, 2.45) is 5.92 Å². The van der Waals surface area contributed by atoms with Gasteiger partial charge < -0.3 is 10.1 Å². The molecule has 0 unspecified atom stereocenters. The van der Waals surface area contributed by atoms with Crippen LogP contribution in [0.2, 0.25) is 0 Å². The lowest BCUT2D eigenvalue weighted by molar-refractivity contribution is -0.121. The van der Waals surface area contributed by atoms with Crippen LogP contribution in [0.4, 0.5) is 0 Å². The van der Waals surface area contributed by atoms with Gasteiger partial charge in [0.1, 0.15) is 5.75 Å². The molecule has 0 saturated heterocycles. The number of benzene rings is 2. The maximum atomic E-state index is 12.6. The molecule has 2 aromatic carbocycles. The van der Waals surface area contributed by atoms with Crippen molar-refractivity contribution in [2.45, 2.75) is 46.6 Å². The Morgan fingerprint density at radius 2 is 1.76 bits per heavy atom. The number of carbonyl (C=O) groups is 1. The Morgan fingerprint density at radius 3 is 2.32 bits per heavy atom. The highest BCUT2D eigenvalue weighted by atomic mass is 16.5. The molecule has 0 aliphatic heterocycles. The summed E-state index contributed by atoms with van der Waals surface area (Å²) in [5.41, 5.74) is 4.59. The summed E-state index contributed by atoms with van der Waals surface area (Å²) in [6.45, 7) is 8.48. The van der Waals surface area contributed by atoms with Crippen LogP contribution in [-0.4, -0.2) is 13.0 Å². The average Bonchev–Trinajstić information content (AvgIpc) is 2.56. The molecule has 0 spiro atoms.